The lowest BCUT2D eigenvalue weighted by atomic mass is 9.71. The Morgan fingerprint density at radius 2 is 1.62 bits per heavy atom. The van der Waals surface area contributed by atoms with Crippen molar-refractivity contribution in [3.63, 3.8) is 0 Å². The second kappa shape index (κ2) is 8.88. The number of alkyl halides is 6. The van der Waals surface area contributed by atoms with E-state index in [4.69, 9.17) is 4.74 Å². The van der Waals surface area contributed by atoms with E-state index in [9.17, 15) is 31.1 Å². The van der Waals surface area contributed by atoms with Crippen molar-refractivity contribution in [1.29, 1.82) is 0 Å². The van der Waals surface area contributed by atoms with Crippen molar-refractivity contribution in [2.75, 3.05) is 13.2 Å². The quantitative estimate of drug-likeness (QED) is 0.451. The predicted octanol–water partition coefficient (Wildman–Crippen LogP) is 5.21. The van der Waals surface area contributed by atoms with Gasteiger partial charge in [-0.1, -0.05) is 30.3 Å². The van der Waals surface area contributed by atoms with Gasteiger partial charge in [-0.25, -0.2) is 0 Å². The van der Waals surface area contributed by atoms with Gasteiger partial charge in [0.2, 0.25) is 5.91 Å². The van der Waals surface area contributed by atoms with Gasteiger partial charge in [-0.2, -0.15) is 26.3 Å². The number of hydrogen-bond donors (Lipinski definition) is 2. The largest absolute Gasteiger partial charge is 0.416 e. The van der Waals surface area contributed by atoms with E-state index in [1.54, 1.807) is 0 Å². The molecule has 0 bridgehead atoms. The first-order valence-corrected chi connectivity index (χ1v) is 10.9. The average molecular weight is 486 g/mol. The van der Waals surface area contributed by atoms with Gasteiger partial charge in [-0.3, -0.25) is 4.79 Å². The monoisotopic (exact) mass is 486 g/mol. The van der Waals surface area contributed by atoms with Crippen LogP contribution in [0.25, 0.3) is 0 Å². The summed E-state index contributed by atoms with van der Waals surface area (Å²) >= 11 is 0. The van der Waals surface area contributed by atoms with Crippen LogP contribution in [0.1, 0.15) is 54.0 Å². The van der Waals surface area contributed by atoms with E-state index < -0.39 is 29.6 Å². The van der Waals surface area contributed by atoms with Gasteiger partial charge in [0.1, 0.15) is 0 Å². The smallest absolute Gasteiger partial charge is 0.372 e. The molecule has 184 valence electrons. The molecule has 2 fully saturated rings. The van der Waals surface area contributed by atoms with Crippen molar-refractivity contribution < 1.29 is 35.9 Å². The van der Waals surface area contributed by atoms with Crippen LogP contribution in [0.5, 0.6) is 0 Å². The highest BCUT2D eigenvalue weighted by atomic mass is 19.4. The zero-order valence-electron chi connectivity index (χ0n) is 18.3. The van der Waals surface area contributed by atoms with Crippen molar-refractivity contribution in [2.45, 2.75) is 55.7 Å². The van der Waals surface area contributed by atoms with Gasteiger partial charge in [0.05, 0.1) is 35.8 Å². The minimum Gasteiger partial charge on any atom is -0.372 e. The lowest BCUT2D eigenvalue weighted by molar-refractivity contribution is -0.143. The van der Waals surface area contributed by atoms with Gasteiger partial charge < -0.3 is 15.4 Å². The van der Waals surface area contributed by atoms with Gasteiger partial charge in [0, 0.05) is 18.5 Å². The van der Waals surface area contributed by atoms with Crippen molar-refractivity contribution >= 4 is 5.91 Å². The highest BCUT2D eigenvalue weighted by Gasteiger charge is 2.49. The highest BCUT2D eigenvalue weighted by Crippen LogP contribution is 2.40. The molecule has 4 rings (SSSR count). The number of halogens is 6. The Balaban J connectivity index is 1.52. The van der Waals surface area contributed by atoms with Crippen LogP contribution in [-0.2, 0) is 21.9 Å². The molecule has 3 unspecified atom stereocenters. The molecule has 1 spiro atoms. The summed E-state index contributed by atoms with van der Waals surface area (Å²) in [5.41, 5.74) is -2.28. The molecule has 0 radical (unpaired) electrons. The Kier molecular flexibility index (Phi) is 6.41. The van der Waals surface area contributed by atoms with Gasteiger partial charge in [-0.05, 0) is 42.7 Å². The second-order valence-electron chi connectivity index (χ2n) is 9.03. The average Bonchev–Trinajstić information content (AvgIpc) is 2.76. The molecular weight excluding hydrogens is 462 g/mol. The van der Waals surface area contributed by atoms with Gasteiger partial charge >= 0.3 is 12.4 Å². The Morgan fingerprint density at radius 1 is 1.03 bits per heavy atom. The maximum Gasteiger partial charge on any atom is 0.416 e. The molecule has 2 aliphatic rings. The van der Waals surface area contributed by atoms with Crippen molar-refractivity contribution in [2.24, 2.45) is 0 Å². The number of amides is 1. The summed E-state index contributed by atoms with van der Waals surface area (Å²) in [6.07, 6.45) is -9.78. The minimum atomic E-state index is -4.92. The van der Waals surface area contributed by atoms with Crippen LogP contribution >= 0.6 is 0 Å². The molecule has 0 saturated carbocycles. The van der Waals surface area contributed by atoms with E-state index in [2.05, 4.69) is 10.6 Å². The second-order valence-corrected chi connectivity index (χ2v) is 9.03. The first kappa shape index (κ1) is 24.5. The van der Waals surface area contributed by atoms with Crippen LogP contribution in [0, 0.1) is 0 Å². The summed E-state index contributed by atoms with van der Waals surface area (Å²) in [5, 5.41) is 6.31. The summed E-state index contributed by atoms with van der Waals surface area (Å²) in [6.45, 7) is 2.01. The summed E-state index contributed by atoms with van der Waals surface area (Å²) < 4.78 is 85.0. The molecule has 2 N–H and O–H groups in total. The molecule has 2 heterocycles. The maximum absolute atomic E-state index is 13.2. The van der Waals surface area contributed by atoms with Crippen molar-refractivity contribution in [3.8, 4) is 0 Å². The normalized spacial score (nSPS) is 26.1. The van der Waals surface area contributed by atoms with E-state index in [1.165, 1.54) is 6.92 Å². The van der Waals surface area contributed by atoms with Crippen LogP contribution in [0.2, 0.25) is 0 Å². The third kappa shape index (κ3) is 5.22. The van der Waals surface area contributed by atoms with Crippen LogP contribution < -0.4 is 10.6 Å². The number of nitrogens with one attached hydrogen (secondary N) is 2. The van der Waals surface area contributed by atoms with E-state index in [0.29, 0.717) is 31.5 Å². The molecule has 2 aromatic carbocycles. The molecule has 10 heteroatoms. The van der Waals surface area contributed by atoms with Crippen molar-refractivity contribution in [1.82, 2.24) is 10.6 Å². The third-order valence-electron chi connectivity index (χ3n) is 6.54. The topological polar surface area (TPSA) is 50.4 Å². The third-order valence-corrected chi connectivity index (χ3v) is 6.54. The van der Waals surface area contributed by atoms with Crippen LogP contribution in [0.3, 0.4) is 0 Å². The van der Waals surface area contributed by atoms with E-state index in [1.807, 2.05) is 30.3 Å². The van der Waals surface area contributed by atoms with Crippen LogP contribution in [0.15, 0.2) is 48.5 Å². The summed E-state index contributed by atoms with van der Waals surface area (Å²) in [7, 11) is 0. The molecule has 0 aliphatic carbocycles. The van der Waals surface area contributed by atoms with Gasteiger partial charge in [-0.15, -0.1) is 0 Å². The Morgan fingerprint density at radius 3 is 2.15 bits per heavy atom. The SMILES string of the molecule is CC(OC[C@@H]1NCC2(CC(=O)N2)CC1c1ccccc1)c1cc(C(F)(F)F)cc(C(F)(F)F)c1. The summed E-state index contributed by atoms with van der Waals surface area (Å²) in [4.78, 5) is 11.5. The molecular formula is C24H24F6N2O2. The van der Waals surface area contributed by atoms with Crippen LogP contribution in [-0.4, -0.2) is 30.6 Å². The molecule has 4 atom stereocenters. The van der Waals surface area contributed by atoms with Crippen LogP contribution in [0.4, 0.5) is 26.3 Å². The number of piperidine rings is 1. The number of hydrogen-bond acceptors (Lipinski definition) is 3. The molecule has 2 aliphatic heterocycles. The minimum absolute atomic E-state index is 0.0260. The number of β-lactam (4-membered cyclic amide) rings is 1. The Hall–Kier alpha value is -2.59. The summed E-state index contributed by atoms with van der Waals surface area (Å²) in [6, 6.07) is 10.8. The summed E-state index contributed by atoms with van der Waals surface area (Å²) in [5.74, 6) is -0.0862. The lowest BCUT2D eigenvalue weighted by Crippen LogP contribution is -2.70. The molecule has 34 heavy (non-hydrogen) atoms. The molecule has 0 aromatic heterocycles. The van der Waals surface area contributed by atoms with E-state index >= 15 is 0 Å². The highest BCUT2D eigenvalue weighted by molar-refractivity contribution is 5.85. The van der Waals surface area contributed by atoms with Gasteiger partial charge in [0.15, 0.2) is 0 Å². The van der Waals surface area contributed by atoms with E-state index in [0.717, 1.165) is 5.56 Å². The fraction of sp³-hybridized carbons (Fsp3) is 0.458. The number of rotatable bonds is 5. The Labute approximate surface area is 192 Å². The first-order valence-electron chi connectivity index (χ1n) is 10.9. The molecule has 2 aromatic rings. The van der Waals surface area contributed by atoms with Crippen molar-refractivity contribution in [3.05, 3.63) is 70.8 Å². The standard InChI is InChI=1S/C24H24F6N2O2/c1-14(16-7-17(23(25,26)27)9-18(8-16)24(28,29)30)34-12-20-19(15-5-3-2-4-6-15)10-22(13-31-20)11-21(33)32-22/h2-9,14,19-20,31H,10-13H2,1H3,(H,32,33)/t14?,19?,20-,22?/m0/s1. The Bertz CT molecular complexity index is 998. The zero-order valence-corrected chi connectivity index (χ0v) is 18.3. The zero-order chi connectivity index (χ0) is 24.7. The number of carbonyl (C=O) groups excluding carboxylic acids is 1. The number of ether oxygens (including phenoxy) is 1. The fourth-order valence-electron chi connectivity index (χ4n) is 4.70. The van der Waals surface area contributed by atoms with Gasteiger partial charge in [0.25, 0.3) is 0 Å². The molecule has 1 amide bonds. The number of carbonyl (C=O) groups is 1. The molecule has 2 saturated heterocycles. The maximum atomic E-state index is 13.2. The molecule has 4 nitrogen and oxygen atoms in total. The predicted molar refractivity (Wildman–Crippen MR) is 112 cm³/mol. The van der Waals surface area contributed by atoms with E-state index in [-0.39, 0.29) is 41.6 Å². The lowest BCUT2D eigenvalue weighted by Gasteiger charge is -2.50. The number of benzene rings is 2. The fourth-order valence-corrected chi connectivity index (χ4v) is 4.70. The first-order chi connectivity index (χ1) is 15.9.